The Labute approximate surface area is 211 Å². The van der Waals surface area contributed by atoms with Crippen LogP contribution < -0.4 is 5.32 Å². The highest BCUT2D eigenvalue weighted by Crippen LogP contribution is 2.52. The van der Waals surface area contributed by atoms with Gasteiger partial charge in [-0.25, -0.2) is 0 Å². The van der Waals surface area contributed by atoms with Crippen LogP contribution in [0.25, 0.3) is 0 Å². The van der Waals surface area contributed by atoms with Gasteiger partial charge in [0.25, 0.3) is 11.8 Å². The number of nitrogens with one attached hydrogen (secondary N) is 1. The van der Waals surface area contributed by atoms with E-state index in [9.17, 15) is 9.59 Å². The molecule has 2 aromatic carbocycles. The number of likely N-dealkylation sites (tertiary alicyclic amines) is 1. The molecule has 3 aromatic rings. The summed E-state index contributed by atoms with van der Waals surface area (Å²) in [5.41, 5.74) is 3.33. The quantitative estimate of drug-likeness (QED) is 0.577. The van der Waals surface area contributed by atoms with Gasteiger partial charge in [-0.05, 0) is 55.2 Å². The van der Waals surface area contributed by atoms with Gasteiger partial charge in [-0.15, -0.1) is 0 Å². The van der Waals surface area contributed by atoms with Gasteiger partial charge >= 0.3 is 0 Å². The molecule has 0 radical (unpaired) electrons. The number of carbonyl (C=O) groups is 2. The van der Waals surface area contributed by atoms with Gasteiger partial charge < -0.3 is 15.0 Å². The number of hydrogen-bond acceptors (Lipinski definition) is 4. The first-order valence-electron chi connectivity index (χ1n) is 12.4. The fraction of sp³-hybridized carbons (Fsp3) is 0.300. The molecule has 0 bridgehead atoms. The summed E-state index contributed by atoms with van der Waals surface area (Å²) < 4.78 is 6.37. The second-order valence-corrected chi connectivity index (χ2v) is 9.22. The minimum atomic E-state index is -0.289. The van der Waals surface area contributed by atoms with E-state index in [0.29, 0.717) is 25.3 Å². The smallest absolute Gasteiger partial charge is 0.298 e. The van der Waals surface area contributed by atoms with Crippen LogP contribution in [-0.4, -0.2) is 47.5 Å². The molecule has 2 aliphatic rings. The lowest BCUT2D eigenvalue weighted by Crippen LogP contribution is -2.51. The number of nitrogens with zero attached hydrogens (tertiary/aromatic N) is 2. The van der Waals surface area contributed by atoms with Crippen molar-refractivity contribution in [2.24, 2.45) is 0 Å². The van der Waals surface area contributed by atoms with Crippen molar-refractivity contribution in [2.75, 3.05) is 19.7 Å². The summed E-state index contributed by atoms with van der Waals surface area (Å²) in [6.45, 7) is 3.69. The van der Waals surface area contributed by atoms with Gasteiger partial charge in [0.1, 0.15) is 0 Å². The molecular formula is C30H29N3O3. The van der Waals surface area contributed by atoms with Gasteiger partial charge in [0.05, 0.1) is 17.7 Å². The molecule has 1 aromatic heterocycles. The number of piperidine rings is 1. The molecule has 1 saturated heterocycles. The van der Waals surface area contributed by atoms with Crippen LogP contribution >= 0.6 is 0 Å². The Morgan fingerprint density at radius 2 is 1.81 bits per heavy atom. The van der Waals surface area contributed by atoms with Gasteiger partial charge in [0.15, 0.2) is 0 Å². The maximum absolute atomic E-state index is 13.1. The Morgan fingerprint density at radius 3 is 2.53 bits per heavy atom. The van der Waals surface area contributed by atoms with E-state index >= 15 is 0 Å². The second kappa shape index (κ2) is 10.3. The van der Waals surface area contributed by atoms with Crippen molar-refractivity contribution in [2.45, 2.75) is 37.3 Å². The van der Waals surface area contributed by atoms with Crippen LogP contribution in [0.15, 0.2) is 79.1 Å². The average molecular weight is 480 g/mol. The third-order valence-electron chi connectivity index (χ3n) is 7.27. The van der Waals surface area contributed by atoms with E-state index < -0.39 is 0 Å². The average Bonchev–Trinajstić information content (AvgIpc) is 3.17. The zero-order valence-electron chi connectivity index (χ0n) is 20.3. The van der Waals surface area contributed by atoms with Crippen LogP contribution in [0.4, 0.5) is 0 Å². The summed E-state index contributed by atoms with van der Waals surface area (Å²) in [6.07, 6.45) is 4.48. The summed E-state index contributed by atoms with van der Waals surface area (Å²) in [5, 5.41) is 3.22. The number of amides is 2. The van der Waals surface area contributed by atoms with Crippen molar-refractivity contribution < 1.29 is 14.3 Å². The highest BCUT2D eigenvalue weighted by molar-refractivity contribution is 5.95. The minimum absolute atomic E-state index is 0.158. The molecular weight excluding hydrogens is 450 g/mol. The van der Waals surface area contributed by atoms with Crippen LogP contribution in [-0.2, 0) is 14.9 Å². The Balaban J connectivity index is 1.38. The SMILES string of the molecule is CCO[C@@H]1[C@@H](NC(=O)c2cccnc2)c2ccccc2C12CCN(C(=O)C#Cc1ccccc1)CC2. The molecule has 1 fully saturated rings. The summed E-state index contributed by atoms with van der Waals surface area (Å²) in [4.78, 5) is 31.8. The number of hydrogen-bond donors (Lipinski definition) is 1. The third-order valence-corrected chi connectivity index (χ3v) is 7.27. The van der Waals surface area contributed by atoms with E-state index in [0.717, 1.165) is 24.0 Å². The maximum atomic E-state index is 13.1. The second-order valence-electron chi connectivity index (χ2n) is 9.22. The number of benzene rings is 2. The molecule has 182 valence electrons. The zero-order valence-corrected chi connectivity index (χ0v) is 20.3. The van der Waals surface area contributed by atoms with Gasteiger partial charge in [0, 0.05) is 49.0 Å². The summed E-state index contributed by atoms with van der Waals surface area (Å²) in [7, 11) is 0. The lowest BCUT2D eigenvalue weighted by Gasteiger charge is -2.44. The first-order chi connectivity index (χ1) is 17.6. The molecule has 2 amide bonds. The fourth-order valence-corrected chi connectivity index (χ4v) is 5.56. The molecule has 5 rings (SSSR count). The standard InChI is InChI=1S/C30H29N3O3/c1-2-36-28-27(32-29(35)23-11-8-18-31-21-23)24-12-6-7-13-25(24)30(28)16-19-33(20-17-30)26(34)15-14-22-9-4-3-5-10-22/h3-13,18,21,27-28H,2,16-17,19-20H2,1H3,(H,32,35)/t27-,28+/m0/s1. The van der Waals surface area contributed by atoms with Crippen LogP contribution in [0.2, 0.25) is 0 Å². The molecule has 0 unspecified atom stereocenters. The molecule has 2 heterocycles. The van der Waals surface area contributed by atoms with E-state index in [1.54, 1.807) is 24.5 Å². The number of fused-ring (bicyclic) bond motifs is 2. The van der Waals surface area contributed by atoms with E-state index in [4.69, 9.17) is 4.74 Å². The van der Waals surface area contributed by atoms with E-state index in [1.165, 1.54) is 5.56 Å². The van der Waals surface area contributed by atoms with Gasteiger partial charge in [-0.1, -0.05) is 48.4 Å². The molecule has 6 heteroatoms. The molecule has 1 aliphatic carbocycles. The summed E-state index contributed by atoms with van der Waals surface area (Å²) >= 11 is 0. The van der Waals surface area contributed by atoms with Crippen molar-refractivity contribution in [1.82, 2.24) is 15.2 Å². The van der Waals surface area contributed by atoms with Crippen LogP contribution in [0.5, 0.6) is 0 Å². The molecule has 1 aliphatic heterocycles. The van der Waals surface area contributed by atoms with E-state index in [1.807, 2.05) is 54.3 Å². The normalized spacial score (nSPS) is 19.8. The predicted octanol–water partition coefficient (Wildman–Crippen LogP) is 3.88. The number of rotatable bonds is 4. The molecule has 6 nitrogen and oxygen atoms in total. The number of aromatic nitrogens is 1. The first-order valence-corrected chi connectivity index (χ1v) is 12.4. The topological polar surface area (TPSA) is 71.5 Å². The van der Waals surface area contributed by atoms with Crippen molar-refractivity contribution in [3.8, 4) is 11.8 Å². The first kappa shape index (κ1) is 23.8. The molecule has 1 N–H and O–H groups in total. The van der Waals surface area contributed by atoms with Crippen molar-refractivity contribution in [1.29, 1.82) is 0 Å². The minimum Gasteiger partial charge on any atom is -0.375 e. The number of pyridine rings is 1. The predicted molar refractivity (Wildman–Crippen MR) is 137 cm³/mol. The van der Waals surface area contributed by atoms with Crippen LogP contribution in [0.1, 0.15) is 52.9 Å². The Hall–Kier alpha value is -3.95. The number of ether oxygens (including phenoxy) is 1. The lowest BCUT2D eigenvalue weighted by molar-refractivity contribution is -0.128. The summed E-state index contributed by atoms with van der Waals surface area (Å²) in [5.74, 6) is 5.44. The third kappa shape index (κ3) is 4.50. The van der Waals surface area contributed by atoms with Crippen molar-refractivity contribution in [3.63, 3.8) is 0 Å². The monoisotopic (exact) mass is 479 g/mol. The molecule has 36 heavy (non-hydrogen) atoms. The van der Waals surface area contributed by atoms with Crippen LogP contribution in [0, 0.1) is 11.8 Å². The molecule has 2 atom stereocenters. The Kier molecular flexibility index (Phi) is 6.84. The molecule has 0 saturated carbocycles. The highest BCUT2D eigenvalue weighted by atomic mass is 16.5. The molecule has 1 spiro atoms. The lowest BCUT2D eigenvalue weighted by atomic mass is 9.71. The zero-order chi connectivity index (χ0) is 25.0. The van der Waals surface area contributed by atoms with Crippen molar-refractivity contribution in [3.05, 3.63) is 101 Å². The van der Waals surface area contributed by atoms with Gasteiger partial charge in [-0.3, -0.25) is 14.6 Å². The number of carbonyl (C=O) groups excluding carboxylic acids is 2. The largest absolute Gasteiger partial charge is 0.375 e. The Morgan fingerprint density at radius 1 is 1.06 bits per heavy atom. The van der Waals surface area contributed by atoms with Crippen molar-refractivity contribution >= 4 is 11.8 Å². The maximum Gasteiger partial charge on any atom is 0.298 e. The van der Waals surface area contributed by atoms with Gasteiger partial charge in [-0.2, -0.15) is 0 Å². The fourth-order valence-electron chi connectivity index (χ4n) is 5.56. The van der Waals surface area contributed by atoms with E-state index in [-0.39, 0.29) is 29.4 Å². The Bertz CT molecular complexity index is 1290. The van der Waals surface area contributed by atoms with E-state index in [2.05, 4.69) is 34.3 Å². The van der Waals surface area contributed by atoms with Crippen LogP contribution in [0.3, 0.4) is 0 Å². The highest BCUT2D eigenvalue weighted by Gasteiger charge is 2.54. The van der Waals surface area contributed by atoms with Gasteiger partial charge in [0.2, 0.25) is 0 Å². The summed E-state index contributed by atoms with van der Waals surface area (Å²) in [6, 6.07) is 21.0.